The highest BCUT2D eigenvalue weighted by Gasteiger charge is 2.16. The lowest BCUT2D eigenvalue weighted by atomic mass is 9.95. The Labute approximate surface area is 147 Å². The Morgan fingerprint density at radius 1 is 1.04 bits per heavy atom. The average Bonchev–Trinajstić information content (AvgIpc) is 2.62. The van der Waals surface area contributed by atoms with Gasteiger partial charge in [0.25, 0.3) is 5.91 Å². The molecule has 25 heavy (non-hydrogen) atoms. The molecule has 0 aromatic heterocycles. The Kier molecular flexibility index (Phi) is 5.33. The molecular weight excluding hydrogens is 316 g/mol. The van der Waals surface area contributed by atoms with Crippen LogP contribution in [-0.2, 0) is 0 Å². The van der Waals surface area contributed by atoms with Crippen molar-refractivity contribution in [2.45, 2.75) is 38.1 Å². The van der Waals surface area contributed by atoms with E-state index in [9.17, 15) is 15.0 Å². The van der Waals surface area contributed by atoms with E-state index in [-0.39, 0.29) is 23.4 Å². The molecule has 3 N–H and O–H groups in total. The highest BCUT2D eigenvalue weighted by Crippen LogP contribution is 2.22. The second kappa shape index (κ2) is 7.83. The Morgan fingerprint density at radius 3 is 2.44 bits per heavy atom. The predicted octanol–water partition coefficient (Wildman–Crippen LogP) is 3.91. The summed E-state index contributed by atoms with van der Waals surface area (Å²) >= 11 is 0. The van der Waals surface area contributed by atoms with E-state index in [1.165, 1.54) is 37.6 Å². The first kappa shape index (κ1) is 17.0. The van der Waals surface area contributed by atoms with Crippen LogP contribution in [0.4, 0.5) is 5.69 Å². The number of aromatic hydroxyl groups is 2. The number of amides is 1. The maximum atomic E-state index is 12.3. The van der Waals surface area contributed by atoms with E-state index < -0.39 is 0 Å². The summed E-state index contributed by atoms with van der Waals surface area (Å²) in [5.74, 6) is -0.0752. The van der Waals surface area contributed by atoms with Gasteiger partial charge < -0.3 is 15.5 Å². The number of carbonyl (C=O) groups excluding carboxylic acids is 1. The molecule has 1 amide bonds. The van der Waals surface area contributed by atoms with Crippen molar-refractivity contribution in [3.05, 3.63) is 53.6 Å². The molecule has 0 radical (unpaired) electrons. The van der Waals surface area contributed by atoms with Crippen LogP contribution in [0.25, 0.3) is 0 Å². The number of nitrogens with zero attached hydrogens (tertiary/aromatic N) is 1. The lowest BCUT2D eigenvalue weighted by Crippen LogP contribution is -2.36. The number of benzene rings is 2. The summed E-state index contributed by atoms with van der Waals surface area (Å²) < 4.78 is 0. The van der Waals surface area contributed by atoms with E-state index in [0.29, 0.717) is 16.8 Å². The van der Waals surface area contributed by atoms with Crippen LogP contribution in [0.15, 0.2) is 47.5 Å². The zero-order valence-electron chi connectivity index (χ0n) is 14.0. The Bertz CT molecular complexity index is 763. The monoisotopic (exact) mass is 338 g/mol. The fourth-order valence-corrected chi connectivity index (χ4v) is 3.00. The Morgan fingerprint density at radius 2 is 1.76 bits per heavy atom. The van der Waals surface area contributed by atoms with E-state index in [0.717, 1.165) is 12.8 Å². The van der Waals surface area contributed by atoms with Crippen LogP contribution < -0.4 is 5.32 Å². The summed E-state index contributed by atoms with van der Waals surface area (Å²) in [5, 5.41) is 22.1. The number of rotatable bonds is 4. The minimum absolute atomic E-state index is 0.00276. The van der Waals surface area contributed by atoms with Gasteiger partial charge >= 0.3 is 0 Å². The second-order valence-electron chi connectivity index (χ2n) is 6.36. The van der Waals surface area contributed by atoms with Gasteiger partial charge in [0, 0.05) is 29.4 Å². The molecule has 2 aromatic rings. The standard InChI is InChI=1S/C20H22N2O3/c23-18-11-8-15(19(24)12-18)13-21-16-9-6-14(7-10-16)20(25)22-17-4-2-1-3-5-17/h6-13,17,23-24H,1-5H2,(H,22,25). The number of phenols is 2. The molecular formula is C20H22N2O3. The fraction of sp³-hybridized carbons (Fsp3) is 0.300. The van der Waals surface area contributed by atoms with Crippen molar-refractivity contribution in [3.8, 4) is 11.5 Å². The number of hydrogen-bond acceptors (Lipinski definition) is 4. The van der Waals surface area contributed by atoms with Gasteiger partial charge in [-0.2, -0.15) is 0 Å². The van der Waals surface area contributed by atoms with Crippen molar-refractivity contribution in [1.29, 1.82) is 0 Å². The first-order chi connectivity index (χ1) is 12.1. The fourth-order valence-electron chi connectivity index (χ4n) is 3.00. The molecule has 0 heterocycles. The van der Waals surface area contributed by atoms with Gasteiger partial charge in [0.15, 0.2) is 0 Å². The van der Waals surface area contributed by atoms with Crippen molar-refractivity contribution in [2.75, 3.05) is 0 Å². The number of aliphatic imine (C=N–C) groups is 1. The van der Waals surface area contributed by atoms with Gasteiger partial charge in [0.1, 0.15) is 11.5 Å². The zero-order valence-corrected chi connectivity index (χ0v) is 14.0. The van der Waals surface area contributed by atoms with Crippen LogP contribution >= 0.6 is 0 Å². The van der Waals surface area contributed by atoms with E-state index >= 15 is 0 Å². The molecule has 0 spiro atoms. The number of carbonyl (C=O) groups is 1. The summed E-state index contributed by atoms with van der Waals surface area (Å²) in [5.41, 5.74) is 1.82. The Hall–Kier alpha value is -2.82. The molecule has 0 unspecified atom stereocenters. The van der Waals surface area contributed by atoms with Crippen molar-refractivity contribution in [2.24, 2.45) is 4.99 Å². The topological polar surface area (TPSA) is 81.9 Å². The number of nitrogens with one attached hydrogen (secondary N) is 1. The van der Waals surface area contributed by atoms with Gasteiger partial charge in [0.2, 0.25) is 0 Å². The molecule has 0 bridgehead atoms. The van der Waals surface area contributed by atoms with Crippen LogP contribution in [0.3, 0.4) is 0 Å². The molecule has 1 aliphatic carbocycles. The first-order valence-electron chi connectivity index (χ1n) is 8.59. The molecule has 0 saturated heterocycles. The van der Waals surface area contributed by atoms with E-state index in [2.05, 4.69) is 10.3 Å². The molecule has 3 rings (SSSR count). The molecule has 2 aromatic carbocycles. The average molecular weight is 338 g/mol. The van der Waals surface area contributed by atoms with Gasteiger partial charge in [-0.05, 0) is 49.2 Å². The molecule has 0 aliphatic heterocycles. The number of phenolic OH excluding ortho intramolecular Hbond substituents is 2. The molecule has 5 heteroatoms. The van der Waals surface area contributed by atoms with Gasteiger partial charge in [0.05, 0.1) is 5.69 Å². The van der Waals surface area contributed by atoms with Gasteiger partial charge in [-0.3, -0.25) is 9.79 Å². The summed E-state index contributed by atoms with van der Waals surface area (Å²) in [4.78, 5) is 16.6. The minimum atomic E-state index is -0.0430. The lowest BCUT2D eigenvalue weighted by molar-refractivity contribution is 0.0927. The van der Waals surface area contributed by atoms with Gasteiger partial charge in [-0.1, -0.05) is 19.3 Å². The molecule has 0 atom stereocenters. The van der Waals surface area contributed by atoms with Gasteiger partial charge in [-0.25, -0.2) is 0 Å². The normalized spacial score (nSPS) is 15.4. The highest BCUT2D eigenvalue weighted by atomic mass is 16.3. The first-order valence-corrected chi connectivity index (χ1v) is 8.59. The maximum absolute atomic E-state index is 12.3. The molecule has 1 aliphatic rings. The van der Waals surface area contributed by atoms with Crippen LogP contribution in [0, 0.1) is 0 Å². The lowest BCUT2D eigenvalue weighted by Gasteiger charge is -2.22. The largest absolute Gasteiger partial charge is 0.508 e. The minimum Gasteiger partial charge on any atom is -0.508 e. The third-order valence-electron chi connectivity index (χ3n) is 4.44. The predicted molar refractivity (Wildman–Crippen MR) is 97.8 cm³/mol. The van der Waals surface area contributed by atoms with E-state index in [1.54, 1.807) is 30.3 Å². The van der Waals surface area contributed by atoms with Crippen LogP contribution in [0.2, 0.25) is 0 Å². The third-order valence-corrected chi connectivity index (χ3v) is 4.44. The quantitative estimate of drug-likeness (QED) is 0.739. The van der Waals surface area contributed by atoms with Crippen molar-refractivity contribution in [3.63, 3.8) is 0 Å². The van der Waals surface area contributed by atoms with Crippen molar-refractivity contribution >= 4 is 17.8 Å². The van der Waals surface area contributed by atoms with E-state index in [4.69, 9.17) is 0 Å². The third kappa shape index (κ3) is 4.59. The highest BCUT2D eigenvalue weighted by molar-refractivity contribution is 5.94. The Balaban J connectivity index is 1.63. The van der Waals surface area contributed by atoms with Crippen LogP contribution in [0.1, 0.15) is 48.0 Å². The number of hydrogen-bond donors (Lipinski definition) is 3. The summed E-state index contributed by atoms with van der Waals surface area (Å²) in [6.45, 7) is 0. The second-order valence-corrected chi connectivity index (χ2v) is 6.36. The van der Waals surface area contributed by atoms with Gasteiger partial charge in [-0.15, -0.1) is 0 Å². The van der Waals surface area contributed by atoms with Crippen molar-refractivity contribution < 1.29 is 15.0 Å². The summed E-state index contributed by atoms with van der Waals surface area (Å²) in [7, 11) is 0. The summed E-state index contributed by atoms with van der Waals surface area (Å²) in [6, 6.07) is 11.7. The smallest absolute Gasteiger partial charge is 0.251 e. The molecule has 1 fully saturated rings. The van der Waals surface area contributed by atoms with Crippen LogP contribution in [0.5, 0.6) is 11.5 Å². The molecule has 1 saturated carbocycles. The maximum Gasteiger partial charge on any atom is 0.251 e. The molecule has 130 valence electrons. The summed E-state index contributed by atoms with van der Waals surface area (Å²) in [6.07, 6.45) is 7.27. The van der Waals surface area contributed by atoms with Crippen molar-refractivity contribution in [1.82, 2.24) is 5.32 Å². The molecule has 5 nitrogen and oxygen atoms in total. The van der Waals surface area contributed by atoms with E-state index in [1.807, 2.05) is 0 Å². The van der Waals surface area contributed by atoms with Crippen LogP contribution in [-0.4, -0.2) is 28.4 Å². The SMILES string of the molecule is O=C(NC1CCCCC1)c1ccc(N=Cc2ccc(O)cc2O)cc1. The zero-order chi connectivity index (χ0) is 17.6.